The lowest BCUT2D eigenvalue weighted by molar-refractivity contribution is -0.120. The molecule has 0 aliphatic heterocycles. The summed E-state index contributed by atoms with van der Waals surface area (Å²) in [5.41, 5.74) is 3.40. The number of aromatic nitrogens is 1. The largest absolute Gasteiger partial charge is 0.357 e. The molecule has 94 valence electrons. The third-order valence-electron chi connectivity index (χ3n) is 2.87. The first-order valence-electron chi connectivity index (χ1n) is 6.06. The molecular formula is C15H18N2O. The van der Waals surface area contributed by atoms with Crippen LogP contribution in [0.1, 0.15) is 16.7 Å². The highest BCUT2D eigenvalue weighted by molar-refractivity contribution is 5.78. The molecule has 1 amide bonds. The van der Waals surface area contributed by atoms with Gasteiger partial charge in [0, 0.05) is 26.0 Å². The fourth-order valence-corrected chi connectivity index (χ4v) is 1.82. The van der Waals surface area contributed by atoms with Crippen LogP contribution in [0.3, 0.4) is 0 Å². The lowest BCUT2D eigenvalue weighted by Gasteiger charge is -2.05. The van der Waals surface area contributed by atoms with Crippen LogP contribution in [-0.2, 0) is 24.8 Å². The van der Waals surface area contributed by atoms with Crippen molar-refractivity contribution < 1.29 is 4.79 Å². The summed E-state index contributed by atoms with van der Waals surface area (Å²) in [5.74, 6) is 0.0572. The highest BCUT2D eigenvalue weighted by Crippen LogP contribution is 2.04. The van der Waals surface area contributed by atoms with Gasteiger partial charge in [-0.25, -0.2) is 0 Å². The van der Waals surface area contributed by atoms with Crippen LogP contribution in [0.5, 0.6) is 0 Å². The Kier molecular flexibility index (Phi) is 3.82. The van der Waals surface area contributed by atoms with Gasteiger partial charge in [0.2, 0.25) is 5.91 Å². The van der Waals surface area contributed by atoms with E-state index in [4.69, 9.17) is 0 Å². The van der Waals surface area contributed by atoms with Gasteiger partial charge in [0.25, 0.3) is 0 Å². The van der Waals surface area contributed by atoms with Crippen molar-refractivity contribution >= 4 is 5.91 Å². The van der Waals surface area contributed by atoms with Gasteiger partial charge in [-0.2, -0.15) is 0 Å². The van der Waals surface area contributed by atoms with Crippen molar-refractivity contribution in [3.63, 3.8) is 0 Å². The van der Waals surface area contributed by atoms with Crippen molar-refractivity contribution in [2.45, 2.75) is 19.9 Å². The molecular weight excluding hydrogens is 224 g/mol. The van der Waals surface area contributed by atoms with Crippen LogP contribution < -0.4 is 5.32 Å². The Balaban J connectivity index is 1.83. The number of rotatable bonds is 4. The zero-order valence-electron chi connectivity index (χ0n) is 10.8. The molecule has 1 heterocycles. The molecule has 0 aliphatic rings. The molecule has 0 atom stereocenters. The highest BCUT2D eigenvalue weighted by Gasteiger charge is 2.04. The Morgan fingerprint density at radius 2 is 1.89 bits per heavy atom. The molecule has 0 spiro atoms. The van der Waals surface area contributed by atoms with Gasteiger partial charge >= 0.3 is 0 Å². The molecule has 2 aromatic rings. The first-order chi connectivity index (χ1) is 8.63. The summed E-state index contributed by atoms with van der Waals surface area (Å²) in [6.45, 7) is 2.64. The number of hydrogen-bond donors (Lipinski definition) is 1. The maximum atomic E-state index is 11.7. The van der Waals surface area contributed by atoms with Crippen molar-refractivity contribution in [3.05, 3.63) is 59.4 Å². The van der Waals surface area contributed by atoms with Gasteiger partial charge in [0.05, 0.1) is 6.42 Å². The van der Waals surface area contributed by atoms with E-state index in [9.17, 15) is 4.79 Å². The normalized spacial score (nSPS) is 10.3. The minimum Gasteiger partial charge on any atom is -0.357 e. The highest BCUT2D eigenvalue weighted by atomic mass is 16.1. The van der Waals surface area contributed by atoms with Gasteiger partial charge in [0.1, 0.15) is 0 Å². The van der Waals surface area contributed by atoms with E-state index in [1.165, 1.54) is 5.56 Å². The predicted molar refractivity (Wildman–Crippen MR) is 72.1 cm³/mol. The zero-order chi connectivity index (χ0) is 13.0. The van der Waals surface area contributed by atoms with Gasteiger partial charge in [-0.1, -0.05) is 29.8 Å². The predicted octanol–water partition coefficient (Wildman–Crippen LogP) is 2.19. The lowest BCUT2D eigenvalue weighted by atomic mass is 10.1. The number of carbonyl (C=O) groups is 1. The number of nitrogens with zero attached hydrogens (tertiary/aromatic N) is 1. The molecule has 0 aliphatic carbocycles. The average Bonchev–Trinajstić information content (AvgIpc) is 2.74. The number of amides is 1. The summed E-state index contributed by atoms with van der Waals surface area (Å²) in [6.07, 6.45) is 4.35. The second-order valence-corrected chi connectivity index (χ2v) is 4.62. The first kappa shape index (κ1) is 12.4. The Morgan fingerprint density at radius 3 is 2.50 bits per heavy atom. The number of hydrogen-bond acceptors (Lipinski definition) is 1. The zero-order valence-corrected chi connectivity index (χ0v) is 10.8. The smallest absolute Gasteiger partial charge is 0.224 e. The van der Waals surface area contributed by atoms with Crippen LogP contribution in [-0.4, -0.2) is 10.5 Å². The standard InChI is InChI=1S/C15H18N2O/c1-12-3-5-13(6-4-12)10-16-15(18)9-14-7-8-17(2)11-14/h3-8,11H,9-10H2,1-2H3,(H,16,18). The number of nitrogens with one attached hydrogen (secondary N) is 1. The van der Waals surface area contributed by atoms with Crippen LogP contribution >= 0.6 is 0 Å². The summed E-state index contributed by atoms with van der Waals surface area (Å²) < 4.78 is 1.95. The maximum Gasteiger partial charge on any atom is 0.224 e. The van der Waals surface area contributed by atoms with E-state index >= 15 is 0 Å². The van der Waals surface area contributed by atoms with Crippen molar-refractivity contribution in [2.75, 3.05) is 0 Å². The average molecular weight is 242 g/mol. The summed E-state index contributed by atoms with van der Waals surface area (Å²) in [6, 6.07) is 10.2. The summed E-state index contributed by atoms with van der Waals surface area (Å²) in [5, 5.41) is 2.93. The second kappa shape index (κ2) is 5.54. The minimum atomic E-state index is 0.0572. The van der Waals surface area contributed by atoms with Crippen LogP contribution in [0.2, 0.25) is 0 Å². The van der Waals surface area contributed by atoms with E-state index in [0.717, 1.165) is 11.1 Å². The van der Waals surface area contributed by atoms with Gasteiger partial charge in [0.15, 0.2) is 0 Å². The molecule has 3 nitrogen and oxygen atoms in total. The molecule has 18 heavy (non-hydrogen) atoms. The Labute approximate surface area is 107 Å². The molecule has 0 bridgehead atoms. The molecule has 0 fully saturated rings. The van der Waals surface area contributed by atoms with E-state index < -0.39 is 0 Å². The third-order valence-corrected chi connectivity index (χ3v) is 2.87. The van der Waals surface area contributed by atoms with Gasteiger partial charge in [-0.3, -0.25) is 4.79 Å². The summed E-state index contributed by atoms with van der Waals surface area (Å²) in [7, 11) is 1.95. The minimum absolute atomic E-state index is 0.0572. The van der Waals surface area contributed by atoms with Crippen molar-refractivity contribution in [1.82, 2.24) is 9.88 Å². The molecule has 1 N–H and O–H groups in total. The summed E-state index contributed by atoms with van der Waals surface area (Å²) >= 11 is 0. The van der Waals surface area contributed by atoms with Gasteiger partial charge in [-0.05, 0) is 24.1 Å². The Morgan fingerprint density at radius 1 is 1.17 bits per heavy atom. The van der Waals surface area contributed by atoms with Crippen LogP contribution in [0, 0.1) is 6.92 Å². The van der Waals surface area contributed by atoms with E-state index in [1.54, 1.807) is 0 Å². The van der Waals surface area contributed by atoms with E-state index in [0.29, 0.717) is 13.0 Å². The monoisotopic (exact) mass is 242 g/mol. The van der Waals surface area contributed by atoms with E-state index in [1.807, 2.05) is 42.2 Å². The molecule has 3 heteroatoms. The maximum absolute atomic E-state index is 11.7. The Bertz CT molecular complexity index is 526. The molecule has 0 saturated carbocycles. The third kappa shape index (κ3) is 3.48. The molecule has 0 radical (unpaired) electrons. The van der Waals surface area contributed by atoms with Crippen LogP contribution in [0.25, 0.3) is 0 Å². The molecule has 1 aromatic heterocycles. The van der Waals surface area contributed by atoms with E-state index in [2.05, 4.69) is 24.4 Å². The second-order valence-electron chi connectivity index (χ2n) is 4.62. The van der Waals surface area contributed by atoms with E-state index in [-0.39, 0.29) is 5.91 Å². The van der Waals surface area contributed by atoms with Crippen LogP contribution in [0.15, 0.2) is 42.7 Å². The number of aryl methyl sites for hydroxylation is 2. The molecule has 0 saturated heterocycles. The van der Waals surface area contributed by atoms with Gasteiger partial charge in [-0.15, -0.1) is 0 Å². The first-order valence-corrected chi connectivity index (χ1v) is 6.06. The number of benzene rings is 1. The van der Waals surface area contributed by atoms with Crippen molar-refractivity contribution in [3.8, 4) is 0 Å². The van der Waals surface area contributed by atoms with Crippen molar-refractivity contribution in [2.24, 2.45) is 7.05 Å². The SMILES string of the molecule is Cc1ccc(CNC(=O)Cc2ccn(C)c2)cc1. The van der Waals surface area contributed by atoms with Crippen molar-refractivity contribution in [1.29, 1.82) is 0 Å². The lowest BCUT2D eigenvalue weighted by Crippen LogP contribution is -2.24. The van der Waals surface area contributed by atoms with Crippen LogP contribution in [0.4, 0.5) is 0 Å². The molecule has 0 unspecified atom stereocenters. The summed E-state index contributed by atoms with van der Waals surface area (Å²) in [4.78, 5) is 11.7. The quantitative estimate of drug-likeness (QED) is 0.876. The Hall–Kier alpha value is -2.03. The fraction of sp³-hybridized carbons (Fsp3) is 0.267. The van der Waals surface area contributed by atoms with Gasteiger partial charge < -0.3 is 9.88 Å². The fourth-order valence-electron chi connectivity index (χ4n) is 1.82. The topological polar surface area (TPSA) is 34.0 Å². The molecule has 1 aromatic carbocycles. The number of carbonyl (C=O) groups excluding carboxylic acids is 1. The molecule has 2 rings (SSSR count).